The fourth-order valence-corrected chi connectivity index (χ4v) is 3.50. The van der Waals surface area contributed by atoms with Gasteiger partial charge in [-0.3, -0.25) is 0 Å². The number of halogens is 2. The minimum absolute atomic E-state index is 0.269. The highest BCUT2D eigenvalue weighted by molar-refractivity contribution is 6.35. The summed E-state index contributed by atoms with van der Waals surface area (Å²) in [6.45, 7) is 4.46. The van der Waals surface area contributed by atoms with Gasteiger partial charge in [-0.05, 0) is 50.3 Å². The lowest BCUT2D eigenvalue weighted by atomic mass is 9.98. The summed E-state index contributed by atoms with van der Waals surface area (Å²) in [4.78, 5) is 0. The summed E-state index contributed by atoms with van der Waals surface area (Å²) in [7, 11) is 0. The molecule has 0 heterocycles. The molecule has 1 unspecified atom stereocenters. The first-order valence-electron chi connectivity index (χ1n) is 6.79. The summed E-state index contributed by atoms with van der Waals surface area (Å²) < 4.78 is 0. The molecule has 0 radical (unpaired) electrons. The minimum atomic E-state index is 0.269. The highest BCUT2D eigenvalue weighted by Crippen LogP contribution is 2.30. The maximum Gasteiger partial charge on any atom is 0.0468 e. The number of nitrogens with one attached hydrogen (secondary N) is 1. The van der Waals surface area contributed by atoms with E-state index in [4.69, 9.17) is 23.2 Å². The Morgan fingerprint density at radius 2 is 1.83 bits per heavy atom. The fraction of sp³-hybridized carbons (Fsp3) is 0.600. The van der Waals surface area contributed by atoms with Gasteiger partial charge in [-0.1, -0.05) is 42.1 Å². The molecule has 0 spiro atoms. The van der Waals surface area contributed by atoms with Crippen molar-refractivity contribution in [1.82, 2.24) is 5.32 Å². The molecule has 1 aromatic rings. The van der Waals surface area contributed by atoms with E-state index in [2.05, 4.69) is 19.2 Å². The molecule has 1 fully saturated rings. The normalized spacial score (nSPS) is 20.0. The largest absolute Gasteiger partial charge is 0.307 e. The molecule has 2 atom stereocenters. The monoisotopic (exact) mass is 285 g/mol. The van der Waals surface area contributed by atoms with Crippen LogP contribution in [0.2, 0.25) is 10.0 Å². The van der Waals surface area contributed by atoms with Crippen molar-refractivity contribution in [3.63, 3.8) is 0 Å². The van der Waals surface area contributed by atoms with Crippen LogP contribution in [0, 0.1) is 5.92 Å². The van der Waals surface area contributed by atoms with Crippen LogP contribution in [0.1, 0.15) is 51.1 Å². The Morgan fingerprint density at radius 1 is 1.17 bits per heavy atom. The minimum Gasteiger partial charge on any atom is -0.307 e. The van der Waals surface area contributed by atoms with E-state index in [1.165, 1.54) is 25.7 Å². The second-order valence-corrected chi connectivity index (χ2v) is 6.23. The maximum atomic E-state index is 6.24. The average Bonchev–Trinajstić information content (AvgIpc) is 2.81. The third-order valence-electron chi connectivity index (χ3n) is 4.05. The first-order valence-corrected chi connectivity index (χ1v) is 7.54. The lowest BCUT2D eigenvalue weighted by Gasteiger charge is -2.25. The van der Waals surface area contributed by atoms with Gasteiger partial charge in [-0.2, -0.15) is 0 Å². The lowest BCUT2D eigenvalue weighted by molar-refractivity contribution is 0.352. The van der Waals surface area contributed by atoms with Gasteiger partial charge in [0.2, 0.25) is 0 Å². The zero-order chi connectivity index (χ0) is 13.1. The van der Waals surface area contributed by atoms with Gasteiger partial charge in [0.1, 0.15) is 0 Å². The Labute approximate surface area is 120 Å². The predicted octanol–water partition coefficient (Wildman–Crippen LogP) is 5.22. The molecule has 0 bridgehead atoms. The van der Waals surface area contributed by atoms with Crippen molar-refractivity contribution in [2.45, 2.75) is 51.6 Å². The van der Waals surface area contributed by atoms with Crippen LogP contribution in [0.5, 0.6) is 0 Å². The van der Waals surface area contributed by atoms with Gasteiger partial charge in [0.05, 0.1) is 0 Å². The molecule has 1 aliphatic carbocycles. The van der Waals surface area contributed by atoms with Gasteiger partial charge >= 0.3 is 0 Å². The van der Waals surface area contributed by atoms with Gasteiger partial charge < -0.3 is 5.32 Å². The van der Waals surface area contributed by atoms with Crippen LogP contribution < -0.4 is 5.32 Å². The molecule has 0 aromatic heterocycles. The first-order chi connectivity index (χ1) is 8.58. The summed E-state index contributed by atoms with van der Waals surface area (Å²) in [6, 6.07) is 6.56. The van der Waals surface area contributed by atoms with Gasteiger partial charge in [-0.15, -0.1) is 0 Å². The van der Waals surface area contributed by atoms with Crippen LogP contribution in [0.4, 0.5) is 0 Å². The van der Waals surface area contributed by atoms with Crippen LogP contribution >= 0.6 is 23.2 Å². The molecule has 1 aromatic carbocycles. The molecular weight excluding hydrogens is 265 g/mol. The fourth-order valence-electron chi connectivity index (χ4n) is 2.93. The van der Waals surface area contributed by atoms with E-state index in [1.807, 2.05) is 18.2 Å². The molecular formula is C15H21Cl2N. The third kappa shape index (κ3) is 3.40. The van der Waals surface area contributed by atoms with Crippen molar-refractivity contribution in [3.05, 3.63) is 33.8 Å². The molecule has 1 saturated carbocycles. The highest BCUT2D eigenvalue weighted by atomic mass is 35.5. The molecule has 1 aliphatic rings. The highest BCUT2D eigenvalue weighted by Gasteiger charge is 2.23. The molecule has 2 rings (SSSR count). The molecule has 0 amide bonds. The summed E-state index contributed by atoms with van der Waals surface area (Å²) in [5, 5.41) is 5.12. The van der Waals surface area contributed by atoms with Crippen LogP contribution in [-0.2, 0) is 0 Å². The van der Waals surface area contributed by atoms with E-state index < -0.39 is 0 Å². The molecule has 3 heteroatoms. The number of benzene rings is 1. The van der Waals surface area contributed by atoms with Crippen molar-refractivity contribution < 1.29 is 0 Å². The molecule has 0 aliphatic heterocycles. The molecule has 1 N–H and O–H groups in total. The van der Waals surface area contributed by atoms with Gasteiger partial charge in [0.15, 0.2) is 0 Å². The van der Waals surface area contributed by atoms with Gasteiger partial charge in [0, 0.05) is 22.1 Å². The van der Waals surface area contributed by atoms with Crippen molar-refractivity contribution >= 4 is 23.2 Å². The van der Waals surface area contributed by atoms with E-state index in [1.54, 1.807) is 0 Å². The molecule has 100 valence electrons. The second-order valence-electron chi connectivity index (χ2n) is 5.39. The average molecular weight is 286 g/mol. The second kappa shape index (κ2) is 6.27. The van der Waals surface area contributed by atoms with Gasteiger partial charge in [0.25, 0.3) is 0 Å². The quantitative estimate of drug-likeness (QED) is 0.799. The van der Waals surface area contributed by atoms with E-state index in [0.717, 1.165) is 16.5 Å². The summed E-state index contributed by atoms with van der Waals surface area (Å²) >= 11 is 12.2. The Morgan fingerprint density at radius 3 is 2.44 bits per heavy atom. The number of rotatable bonds is 4. The Hall–Kier alpha value is -0.240. The Bertz CT molecular complexity index is 399. The summed E-state index contributed by atoms with van der Waals surface area (Å²) in [5.41, 5.74) is 1.13. The van der Waals surface area contributed by atoms with Crippen LogP contribution in [0.25, 0.3) is 0 Å². The maximum absolute atomic E-state index is 6.24. The molecule has 18 heavy (non-hydrogen) atoms. The molecule has 1 nitrogen and oxygen atoms in total. The van der Waals surface area contributed by atoms with Crippen molar-refractivity contribution in [1.29, 1.82) is 0 Å². The molecule has 0 saturated heterocycles. The third-order valence-corrected chi connectivity index (χ3v) is 4.61. The zero-order valence-electron chi connectivity index (χ0n) is 11.0. The standard InChI is InChI=1S/C15H21Cl2N/c1-10(12-5-3-4-6-12)18-11(2)14-8-7-13(16)9-15(14)17/h7-12,18H,3-6H2,1-2H3/t10-,11?/m0/s1. The van der Waals surface area contributed by atoms with E-state index in [9.17, 15) is 0 Å². The predicted molar refractivity (Wildman–Crippen MR) is 79.4 cm³/mol. The smallest absolute Gasteiger partial charge is 0.0468 e. The van der Waals surface area contributed by atoms with Crippen LogP contribution in [0.3, 0.4) is 0 Å². The van der Waals surface area contributed by atoms with Crippen LogP contribution in [-0.4, -0.2) is 6.04 Å². The Balaban J connectivity index is 2.00. The zero-order valence-corrected chi connectivity index (χ0v) is 12.6. The topological polar surface area (TPSA) is 12.0 Å². The Kier molecular flexibility index (Phi) is 4.94. The van der Waals surface area contributed by atoms with E-state index in [0.29, 0.717) is 11.1 Å². The van der Waals surface area contributed by atoms with E-state index >= 15 is 0 Å². The van der Waals surface area contributed by atoms with E-state index in [-0.39, 0.29) is 6.04 Å². The summed E-state index contributed by atoms with van der Waals surface area (Å²) in [5.74, 6) is 0.818. The first kappa shape index (κ1) is 14.2. The number of hydrogen-bond donors (Lipinski definition) is 1. The van der Waals surface area contributed by atoms with Crippen molar-refractivity contribution in [3.8, 4) is 0 Å². The summed E-state index contributed by atoms with van der Waals surface area (Å²) in [6.07, 6.45) is 5.48. The van der Waals surface area contributed by atoms with Crippen molar-refractivity contribution in [2.75, 3.05) is 0 Å². The van der Waals surface area contributed by atoms with Crippen molar-refractivity contribution in [2.24, 2.45) is 5.92 Å². The SMILES string of the molecule is CC(N[C@@H](C)C1CCCC1)c1ccc(Cl)cc1Cl. The number of hydrogen-bond acceptors (Lipinski definition) is 1. The van der Waals surface area contributed by atoms with Crippen LogP contribution in [0.15, 0.2) is 18.2 Å². The van der Waals surface area contributed by atoms with Gasteiger partial charge in [-0.25, -0.2) is 0 Å². The lowest BCUT2D eigenvalue weighted by Crippen LogP contribution is -2.34.